The maximum atomic E-state index is 12.6. The summed E-state index contributed by atoms with van der Waals surface area (Å²) in [6.45, 7) is 1.22. The number of nitrogens with zero attached hydrogens (tertiary/aromatic N) is 1. The normalized spacial score (nSPS) is 27.1. The highest BCUT2D eigenvalue weighted by Crippen LogP contribution is 2.36. The molecule has 1 saturated carbocycles. The van der Waals surface area contributed by atoms with E-state index in [2.05, 4.69) is 0 Å². The second-order valence-corrected chi connectivity index (χ2v) is 5.72. The molecule has 2 aliphatic rings. The second-order valence-electron chi connectivity index (χ2n) is 5.72. The molecule has 0 radical (unpaired) electrons. The molecule has 1 aromatic rings. The molecular weight excluding hydrogens is 240 g/mol. The second kappa shape index (κ2) is 5.37. The smallest absolute Gasteiger partial charge is 0.289 e. The van der Waals surface area contributed by atoms with E-state index in [9.17, 15) is 4.79 Å². The minimum atomic E-state index is 0.0521. The SMILES string of the molecule is NCc1ccc(C(=O)N2CCC[C@H]3CCCC[C@H]32)o1. The monoisotopic (exact) mass is 262 g/mol. The Bertz CT molecular complexity index is 453. The van der Waals surface area contributed by atoms with E-state index in [0.717, 1.165) is 19.4 Å². The fourth-order valence-corrected chi connectivity index (χ4v) is 3.62. The Morgan fingerprint density at radius 2 is 2.05 bits per heavy atom. The third-order valence-electron chi connectivity index (χ3n) is 4.58. The lowest BCUT2D eigenvalue weighted by molar-refractivity contribution is 0.0361. The lowest BCUT2D eigenvalue weighted by Crippen LogP contribution is -2.49. The van der Waals surface area contributed by atoms with Crippen LogP contribution >= 0.6 is 0 Å². The molecule has 3 rings (SSSR count). The molecule has 1 aliphatic heterocycles. The first-order chi connectivity index (χ1) is 9.29. The number of likely N-dealkylation sites (tertiary alicyclic amines) is 1. The molecule has 1 saturated heterocycles. The summed E-state index contributed by atoms with van der Waals surface area (Å²) in [7, 11) is 0. The van der Waals surface area contributed by atoms with Crippen molar-refractivity contribution in [2.45, 2.75) is 51.1 Å². The maximum Gasteiger partial charge on any atom is 0.289 e. The van der Waals surface area contributed by atoms with Crippen molar-refractivity contribution in [1.29, 1.82) is 0 Å². The zero-order valence-corrected chi connectivity index (χ0v) is 11.3. The third-order valence-corrected chi connectivity index (χ3v) is 4.58. The highest BCUT2D eigenvalue weighted by atomic mass is 16.4. The van der Waals surface area contributed by atoms with Crippen molar-refractivity contribution in [2.75, 3.05) is 6.54 Å². The van der Waals surface area contributed by atoms with Crippen LogP contribution in [0.4, 0.5) is 0 Å². The summed E-state index contributed by atoms with van der Waals surface area (Å²) in [6.07, 6.45) is 7.40. The first kappa shape index (κ1) is 12.7. The quantitative estimate of drug-likeness (QED) is 0.891. The average Bonchev–Trinajstić information content (AvgIpc) is 2.95. The van der Waals surface area contributed by atoms with Gasteiger partial charge in [-0.15, -0.1) is 0 Å². The Morgan fingerprint density at radius 3 is 2.84 bits per heavy atom. The van der Waals surface area contributed by atoms with Gasteiger partial charge in [0.2, 0.25) is 0 Å². The summed E-state index contributed by atoms with van der Waals surface area (Å²) in [6, 6.07) is 3.99. The maximum absolute atomic E-state index is 12.6. The Kier molecular flexibility index (Phi) is 3.60. The zero-order valence-electron chi connectivity index (χ0n) is 11.3. The molecule has 2 fully saturated rings. The van der Waals surface area contributed by atoms with Gasteiger partial charge >= 0.3 is 0 Å². The number of carbonyl (C=O) groups is 1. The number of furan rings is 1. The largest absolute Gasteiger partial charge is 0.455 e. The molecule has 0 spiro atoms. The van der Waals surface area contributed by atoms with E-state index >= 15 is 0 Å². The minimum absolute atomic E-state index is 0.0521. The van der Waals surface area contributed by atoms with Gasteiger partial charge in [0.05, 0.1) is 6.54 Å². The highest BCUT2D eigenvalue weighted by molar-refractivity contribution is 5.91. The summed E-state index contributed by atoms with van der Waals surface area (Å²) in [5.74, 6) is 1.89. The number of carbonyl (C=O) groups excluding carboxylic acids is 1. The first-order valence-electron chi connectivity index (χ1n) is 7.39. The van der Waals surface area contributed by atoms with Crippen LogP contribution in [0, 0.1) is 5.92 Å². The fraction of sp³-hybridized carbons (Fsp3) is 0.667. The van der Waals surface area contributed by atoms with Crippen LogP contribution in [0.3, 0.4) is 0 Å². The van der Waals surface area contributed by atoms with E-state index < -0.39 is 0 Å². The van der Waals surface area contributed by atoms with Crippen molar-refractivity contribution < 1.29 is 9.21 Å². The molecular formula is C15H22N2O2. The van der Waals surface area contributed by atoms with Crippen molar-refractivity contribution in [2.24, 2.45) is 11.7 Å². The minimum Gasteiger partial charge on any atom is -0.455 e. The number of piperidine rings is 1. The topological polar surface area (TPSA) is 59.5 Å². The van der Waals surface area contributed by atoms with Crippen LogP contribution in [0.1, 0.15) is 54.8 Å². The van der Waals surface area contributed by atoms with Crippen LogP contribution in [-0.2, 0) is 6.54 Å². The number of fused-ring (bicyclic) bond motifs is 1. The van der Waals surface area contributed by atoms with Crippen LogP contribution in [0.2, 0.25) is 0 Å². The molecule has 0 bridgehead atoms. The lowest BCUT2D eigenvalue weighted by Gasteiger charge is -2.43. The van der Waals surface area contributed by atoms with Gasteiger partial charge in [0, 0.05) is 12.6 Å². The van der Waals surface area contributed by atoms with Gasteiger partial charge in [-0.1, -0.05) is 12.8 Å². The molecule has 1 amide bonds. The Balaban J connectivity index is 1.77. The van der Waals surface area contributed by atoms with Crippen molar-refractivity contribution >= 4 is 5.91 Å². The van der Waals surface area contributed by atoms with Gasteiger partial charge in [0.1, 0.15) is 5.76 Å². The summed E-state index contributed by atoms with van der Waals surface area (Å²) < 4.78 is 5.51. The number of hydrogen-bond donors (Lipinski definition) is 1. The molecule has 4 heteroatoms. The predicted octanol–water partition coefficient (Wildman–Crippen LogP) is 2.53. The van der Waals surface area contributed by atoms with Crippen LogP contribution in [-0.4, -0.2) is 23.4 Å². The van der Waals surface area contributed by atoms with Crippen LogP contribution in [0.25, 0.3) is 0 Å². The molecule has 0 unspecified atom stereocenters. The number of amides is 1. The van der Waals surface area contributed by atoms with E-state index in [1.54, 1.807) is 12.1 Å². The Morgan fingerprint density at radius 1 is 1.26 bits per heavy atom. The van der Waals surface area contributed by atoms with E-state index in [-0.39, 0.29) is 5.91 Å². The predicted molar refractivity (Wildman–Crippen MR) is 72.6 cm³/mol. The molecule has 0 aromatic carbocycles. The van der Waals surface area contributed by atoms with E-state index in [4.69, 9.17) is 10.2 Å². The number of nitrogens with two attached hydrogens (primary N) is 1. The molecule has 19 heavy (non-hydrogen) atoms. The van der Waals surface area contributed by atoms with Crippen molar-refractivity contribution in [3.63, 3.8) is 0 Å². The molecule has 1 aliphatic carbocycles. The first-order valence-corrected chi connectivity index (χ1v) is 7.39. The zero-order chi connectivity index (χ0) is 13.2. The summed E-state index contributed by atoms with van der Waals surface area (Å²) >= 11 is 0. The molecule has 104 valence electrons. The van der Waals surface area contributed by atoms with Gasteiger partial charge < -0.3 is 15.1 Å². The molecule has 2 N–H and O–H groups in total. The van der Waals surface area contributed by atoms with Crippen molar-refractivity contribution in [1.82, 2.24) is 4.90 Å². The van der Waals surface area contributed by atoms with Crippen LogP contribution in [0.15, 0.2) is 16.5 Å². The van der Waals surface area contributed by atoms with Gasteiger partial charge in [0.15, 0.2) is 5.76 Å². The van der Waals surface area contributed by atoms with Gasteiger partial charge in [0.25, 0.3) is 5.91 Å². The van der Waals surface area contributed by atoms with Gasteiger partial charge in [-0.2, -0.15) is 0 Å². The van der Waals surface area contributed by atoms with Crippen molar-refractivity contribution in [3.8, 4) is 0 Å². The van der Waals surface area contributed by atoms with E-state index in [1.807, 2.05) is 4.90 Å². The third kappa shape index (κ3) is 2.41. The van der Waals surface area contributed by atoms with E-state index in [1.165, 1.54) is 25.7 Å². The summed E-state index contributed by atoms with van der Waals surface area (Å²) in [5.41, 5.74) is 5.53. The van der Waals surface area contributed by atoms with Crippen molar-refractivity contribution in [3.05, 3.63) is 23.7 Å². The number of hydrogen-bond acceptors (Lipinski definition) is 3. The van der Waals surface area contributed by atoms with Gasteiger partial charge in [-0.25, -0.2) is 0 Å². The standard InChI is InChI=1S/C15H22N2O2/c16-10-12-7-8-14(19-12)15(18)17-9-3-5-11-4-1-2-6-13(11)17/h7-8,11,13H,1-6,9-10,16H2/t11-,13-/m1/s1. The molecule has 2 atom stereocenters. The molecule has 4 nitrogen and oxygen atoms in total. The van der Waals surface area contributed by atoms with Gasteiger partial charge in [-0.3, -0.25) is 4.79 Å². The average molecular weight is 262 g/mol. The molecule has 2 heterocycles. The summed E-state index contributed by atoms with van der Waals surface area (Å²) in [4.78, 5) is 14.6. The highest BCUT2D eigenvalue weighted by Gasteiger charge is 2.36. The van der Waals surface area contributed by atoms with Crippen LogP contribution in [0.5, 0.6) is 0 Å². The van der Waals surface area contributed by atoms with E-state index in [0.29, 0.717) is 30.0 Å². The molecule has 1 aromatic heterocycles. The lowest BCUT2D eigenvalue weighted by atomic mass is 9.78. The number of rotatable bonds is 2. The Labute approximate surface area is 113 Å². The summed E-state index contributed by atoms with van der Waals surface area (Å²) in [5, 5.41) is 0. The Hall–Kier alpha value is -1.29. The van der Waals surface area contributed by atoms with Crippen LogP contribution < -0.4 is 5.73 Å². The van der Waals surface area contributed by atoms with Gasteiger partial charge in [-0.05, 0) is 43.7 Å². The fourth-order valence-electron chi connectivity index (χ4n) is 3.62.